The normalized spacial score (nSPS) is 13.0. The highest BCUT2D eigenvalue weighted by Gasteiger charge is 2.30. The molecule has 9 heteroatoms. The number of carbonyl (C=O) groups is 2. The van der Waals surface area contributed by atoms with Crippen molar-refractivity contribution >= 4 is 33.7 Å². The van der Waals surface area contributed by atoms with Crippen LogP contribution in [0.2, 0.25) is 0 Å². The van der Waals surface area contributed by atoms with E-state index in [-0.39, 0.29) is 30.2 Å². The van der Waals surface area contributed by atoms with Crippen molar-refractivity contribution in [2.75, 3.05) is 6.61 Å². The summed E-state index contributed by atoms with van der Waals surface area (Å²) >= 11 is 3.17. The minimum absolute atomic E-state index is 0.0324. The van der Waals surface area contributed by atoms with Crippen LogP contribution in [0, 0.1) is 10.1 Å². The average molecular weight is 511 g/mol. The third kappa shape index (κ3) is 4.73. The Kier molecular flexibility index (Phi) is 6.41. The maximum Gasteiger partial charge on any atom is 0.407 e. The van der Waals surface area contributed by atoms with Crippen LogP contribution in [0.15, 0.2) is 71.2 Å². The van der Waals surface area contributed by atoms with Gasteiger partial charge in [-0.3, -0.25) is 10.1 Å². The number of halogens is 1. The summed E-state index contributed by atoms with van der Waals surface area (Å²) in [6.07, 6.45) is -1.16. The highest BCUT2D eigenvalue weighted by molar-refractivity contribution is 9.10. The van der Waals surface area contributed by atoms with Crippen molar-refractivity contribution in [3.05, 3.63) is 98.0 Å². The number of nitro groups is 1. The lowest BCUT2D eigenvalue weighted by atomic mass is 9.98. The maximum absolute atomic E-state index is 12.5. The molecule has 0 spiro atoms. The van der Waals surface area contributed by atoms with Crippen LogP contribution in [0.3, 0.4) is 0 Å². The second kappa shape index (κ2) is 9.41. The number of carboxylic acid groups (broad SMARTS) is 1. The van der Waals surface area contributed by atoms with E-state index in [0.29, 0.717) is 4.47 Å². The molecule has 0 aliphatic heterocycles. The quantitative estimate of drug-likeness (QED) is 0.345. The van der Waals surface area contributed by atoms with Gasteiger partial charge in [0, 0.05) is 28.4 Å². The molecule has 168 valence electrons. The fraction of sp³-hybridized carbons (Fsp3) is 0.167. The van der Waals surface area contributed by atoms with E-state index >= 15 is 0 Å². The zero-order chi connectivity index (χ0) is 23.5. The van der Waals surface area contributed by atoms with Gasteiger partial charge in [0.05, 0.1) is 4.92 Å². The number of carbonyl (C=O) groups excluding carboxylic acids is 1. The Labute approximate surface area is 197 Å². The number of alkyl carbamates (subject to hydrolysis) is 1. The van der Waals surface area contributed by atoms with E-state index < -0.39 is 23.0 Å². The van der Waals surface area contributed by atoms with Crippen molar-refractivity contribution < 1.29 is 24.4 Å². The first-order valence-electron chi connectivity index (χ1n) is 10.1. The summed E-state index contributed by atoms with van der Waals surface area (Å²) in [5.74, 6) is -1.49. The monoisotopic (exact) mass is 510 g/mol. The maximum atomic E-state index is 12.5. The molecule has 0 saturated heterocycles. The van der Waals surface area contributed by atoms with Gasteiger partial charge < -0.3 is 15.2 Å². The zero-order valence-corrected chi connectivity index (χ0v) is 18.8. The Hall–Kier alpha value is -3.72. The van der Waals surface area contributed by atoms with Gasteiger partial charge in [0.1, 0.15) is 12.6 Å². The van der Waals surface area contributed by atoms with Crippen LogP contribution >= 0.6 is 15.9 Å². The third-order valence-electron chi connectivity index (χ3n) is 5.60. The Morgan fingerprint density at radius 1 is 1.06 bits per heavy atom. The molecule has 2 N–H and O–H groups in total. The van der Waals surface area contributed by atoms with Crippen molar-refractivity contribution in [2.24, 2.45) is 0 Å². The summed E-state index contributed by atoms with van der Waals surface area (Å²) in [7, 11) is 0. The summed E-state index contributed by atoms with van der Waals surface area (Å²) < 4.78 is 5.89. The number of ether oxygens (including phenoxy) is 1. The molecule has 1 aliphatic rings. The lowest BCUT2D eigenvalue weighted by Gasteiger charge is -2.17. The van der Waals surface area contributed by atoms with Gasteiger partial charge in [-0.1, -0.05) is 70.5 Å². The van der Waals surface area contributed by atoms with Crippen LogP contribution < -0.4 is 5.32 Å². The number of amides is 1. The molecule has 33 heavy (non-hydrogen) atoms. The smallest absolute Gasteiger partial charge is 0.407 e. The van der Waals surface area contributed by atoms with E-state index in [0.717, 1.165) is 22.3 Å². The van der Waals surface area contributed by atoms with E-state index in [1.54, 1.807) is 6.07 Å². The molecule has 4 rings (SSSR count). The molecule has 3 aromatic rings. The number of nitro benzene ring substituents is 1. The van der Waals surface area contributed by atoms with Gasteiger partial charge in [-0.15, -0.1) is 0 Å². The van der Waals surface area contributed by atoms with E-state index in [9.17, 15) is 24.8 Å². The van der Waals surface area contributed by atoms with Gasteiger partial charge in [-0.2, -0.15) is 0 Å². The van der Waals surface area contributed by atoms with Crippen LogP contribution in [-0.2, 0) is 16.0 Å². The highest BCUT2D eigenvalue weighted by atomic mass is 79.9. The molecule has 1 amide bonds. The minimum atomic E-state index is -1.39. The molecule has 1 atom stereocenters. The third-order valence-corrected chi connectivity index (χ3v) is 6.10. The van der Waals surface area contributed by atoms with Crippen molar-refractivity contribution in [3.63, 3.8) is 0 Å². The number of hydrogen-bond donors (Lipinski definition) is 2. The molecule has 0 fully saturated rings. The number of rotatable bonds is 7. The molecule has 0 aromatic heterocycles. The molecule has 1 aliphatic carbocycles. The van der Waals surface area contributed by atoms with E-state index in [1.165, 1.54) is 12.1 Å². The van der Waals surface area contributed by atoms with Crippen molar-refractivity contribution in [3.8, 4) is 11.1 Å². The number of benzene rings is 3. The van der Waals surface area contributed by atoms with Crippen LogP contribution in [0.1, 0.15) is 22.6 Å². The van der Waals surface area contributed by atoms with Gasteiger partial charge in [0.15, 0.2) is 0 Å². The Bertz CT molecular complexity index is 1200. The second-order valence-corrected chi connectivity index (χ2v) is 8.51. The van der Waals surface area contributed by atoms with Crippen LogP contribution in [-0.4, -0.2) is 34.7 Å². The second-order valence-electron chi connectivity index (χ2n) is 7.59. The number of hydrogen-bond acceptors (Lipinski definition) is 5. The Morgan fingerprint density at radius 3 is 2.24 bits per heavy atom. The SMILES string of the molecule is O=C(NC(Cc1ccc(Br)cc1[N+](=O)[O-])C(=O)O)OCC1c2ccccc2-c2ccccc21. The molecule has 0 heterocycles. The zero-order valence-electron chi connectivity index (χ0n) is 17.2. The standard InChI is InChI=1S/C24H19BrN2O6/c25-15-10-9-14(22(12-15)27(31)32)11-21(23(28)29)26-24(30)33-13-20-18-7-3-1-5-16(18)17-6-2-4-8-19(17)20/h1-10,12,20-21H,11,13H2,(H,26,30)(H,28,29). The molecular formula is C24H19BrN2O6. The Morgan fingerprint density at radius 2 is 1.67 bits per heavy atom. The fourth-order valence-electron chi connectivity index (χ4n) is 4.08. The van der Waals surface area contributed by atoms with E-state index in [1.807, 2.05) is 48.5 Å². The van der Waals surface area contributed by atoms with Gasteiger partial charge in [0.2, 0.25) is 0 Å². The number of carboxylic acids is 1. The molecule has 1 unspecified atom stereocenters. The lowest BCUT2D eigenvalue weighted by molar-refractivity contribution is -0.385. The number of nitrogens with zero attached hydrogens (tertiary/aromatic N) is 1. The lowest BCUT2D eigenvalue weighted by Crippen LogP contribution is -2.43. The summed E-state index contributed by atoms with van der Waals surface area (Å²) in [6.45, 7) is 0.0324. The average Bonchev–Trinajstić information content (AvgIpc) is 3.12. The van der Waals surface area contributed by atoms with Crippen LogP contribution in [0.4, 0.5) is 10.5 Å². The number of nitrogens with one attached hydrogen (secondary N) is 1. The van der Waals surface area contributed by atoms with E-state index in [4.69, 9.17) is 4.74 Å². The number of aliphatic carboxylic acids is 1. The predicted octanol–water partition coefficient (Wildman–Crippen LogP) is 4.89. The molecule has 3 aromatic carbocycles. The van der Waals surface area contributed by atoms with Crippen molar-refractivity contribution in [1.29, 1.82) is 0 Å². The first-order valence-corrected chi connectivity index (χ1v) is 10.9. The highest BCUT2D eigenvalue weighted by Crippen LogP contribution is 2.44. The topological polar surface area (TPSA) is 119 Å². The summed E-state index contributed by atoms with van der Waals surface area (Å²) in [5, 5.41) is 23.2. The van der Waals surface area contributed by atoms with Crippen molar-refractivity contribution in [2.45, 2.75) is 18.4 Å². The molecule has 0 bridgehead atoms. The predicted molar refractivity (Wildman–Crippen MR) is 124 cm³/mol. The molecular weight excluding hydrogens is 492 g/mol. The van der Waals surface area contributed by atoms with Crippen molar-refractivity contribution in [1.82, 2.24) is 5.32 Å². The van der Waals surface area contributed by atoms with Gasteiger partial charge in [-0.25, -0.2) is 9.59 Å². The van der Waals surface area contributed by atoms with Gasteiger partial charge in [-0.05, 0) is 28.3 Å². The largest absolute Gasteiger partial charge is 0.480 e. The Balaban J connectivity index is 1.46. The fourth-order valence-corrected chi connectivity index (χ4v) is 4.43. The first-order chi connectivity index (χ1) is 15.8. The molecule has 0 saturated carbocycles. The molecule has 8 nitrogen and oxygen atoms in total. The summed E-state index contributed by atoms with van der Waals surface area (Å²) in [4.78, 5) is 34.9. The van der Waals surface area contributed by atoms with Crippen LogP contribution in [0.5, 0.6) is 0 Å². The van der Waals surface area contributed by atoms with Gasteiger partial charge in [0.25, 0.3) is 5.69 Å². The van der Waals surface area contributed by atoms with E-state index in [2.05, 4.69) is 21.2 Å². The molecule has 0 radical (unpaired) electrons. The summed E-state index contributed by atoms with van der Waals surface area (Å²) in [6, 6.07) is 18.7. The van der Waals surface area contributed by atoms with Crippen LogP contribution in [0.25, 0.3) is 11.1 Å². The first kappa shape index (κ1) is 22.5. The van der Waals surface area contributed by atoms with Gasteiger partial charge >= 0.3 is 12.1 Å². The summed E-state index contributed by atoms with van der Waals surface area (Å²) in [5.41, 5.74) is 4.18. The number of fused-ring (bicyclic) bond motifs is 3. The minimum Gasteiger partial charge on any atom is -0.480 e.